The molecule has 1 aliphatic rings. The van der Waals surface area contributed by atoms with Crippen LogP contribution in [0.3, 0.4) is 0 Å². The molecular formula is C26H20ClNO5. The normalized spacial score (nSPS) is 13.1. The molecule has 0 saturated heterocycles. The number of ketones is 2. The fourth-order valence-corrected chi connectivity index (χ4v) is 4.11. The van der Waals surface area contributed by atoms with Crippen LogP contribution in [0.5, 0.6) is 0 Å². The fraction of sp³-hybridized carbons (Fsp3) is 0.154. The minimum absolute atomic E-state index is 0.0315. The molecule has 0 radical (unpaired) electrons. The Bertz CT molecular complexity index is 1290. The quantitative estimate of drug-likeness (QED) is 0.409. The van der Waals surface area contributed by atoms with Gasteiger partial charge in [-0.25, -0.2) is 4.79 Å². The minimum atomic E-state index is -0.851. The number of halogens is 1. The first-order chi connectivity index (χ1) is 15.8. The Balaban J connectivity index is 1.51. The summed E-state index contributed by atoms with van der Waals surface area (Å²) in [4.78, 5) is 52.5. The molecular weight excluding hydrogens is 442 g/mol. The summed E-state index contributed by atoms with van der Waals surface area (Å²) in [5, 5.41) is -0.163. The summed E-state index contributed by atoms with van der Waals surface area (Å²) in [6, 6.07) is 18.4. The van der Waals surface area contributed by atoms with E-state index in [1.165, 1.54) is 17.0 Å². The summed E-state index contributed by atoms with van der Waals surface area (Å²) in [5.74, 6) is -2.02. The predicted molar refractivity (Wildman–Crippen MR) is 123 cm³/mol. The van der Waals surface area contributed by atoms with Gasteiger partial charge in [0.1, 0.15) is 0 Å². The van der Waals surface area contributed by atoms with Crippen LogP contribution in [0, 0.1) is 0 Å². The van der Waals surface area contributed by atoms with Crippen molar-refractivity contribution in [2.45, 2.75) is 13.0 Å². The molecule has 0 aromatic heterocycles. The molecule has 7 heteroatoms. The fourth-order valence-electron chi connectivity index (χ4n) is 3.78. The first-order valence-corrected chi connectivity index (χ1v) is 10.7. The van der Waals surface area contributed by atoms with Crippen molar-refractivity contribution in [3.05, 3.63) is 105 Å². The topological polar surface area (TPSA) is 80.8 Å². The van der Waals surface area contributed by atoms with Crippen molar-refractivity contribution >= 4 is 35.0 Å². The number of hydrogen-bond donors (Lipinski definition) is 0. The SMILES string of the molecule is CC(c1ccccc1)N(C)C(=O)COC(=O)c1ccc2c(c1Cl)C(=O)c1ccccc1C2=O. The molecule has 4 rings (SSSR count). The van der Waals surface area contributed by atoms with Gasteiger partial charge in [-0.1, -0.05) is 66.2 Å². The van der Waals surface area contributed by atoms with E-state index in [1.807, 2.05) is 37.3 Å². The Morgan fingerprint density at radius 3 is 2.15 bits per heavy atom. The van der Waals surface area contributed by atoms with Gasteiger partial charge in [-0.3, -0.25) is 14.4 Å². The van der Waals surface area contributed by atoms with E-state index >= 15 is 0 Å². The van der Waals surface area contributed by atoms with Crippen LogP contribution in [-0.2, 0) is 9.53 Å². The number of amides is 1. The third-order valence-corrected chi connectivity index (χ3v) is 6.23. The van der Waals surface area contributed by atoms with Crippen LogP contribution >= 0.6 is 11.6 Å². The standard InChI is InChI=1S/C26H20ClNO5/c1-15(16-8-4-3-5-9-16)28(2)21(29)14-33-26(32)20-13-12-19-22(23(20)27)25(31)18-11-7-6-10-17(18)24(19)30/h3-13,15H,14H2,1-2H3. The van der Waals surface area contributed by atoms with E-state index in [9.17, 15) is 19.2 Å². The van der Waals surface area contributed by atoms with Gasteiger partial charge in [-0.05, 0) is 24.6 Å². The van der Waals surface area contributed by atoms with Crippen LogP contribution in [0.1, 0.15) is 60.7 Å². The van der Waals surface area contributed by atoms with E-state index in [0.717, 1.165) is 5.56 Å². The average molecular weight is 462 g/mol. The van der Waals surface area contributed by atoms with Crippen molar-refractivity contribution < 1.29 is 23.9 Å². The molecule has 33 heavy (non-hydrogen) atoms. The van der Waals surface area contributed by atoms with Gasteiger partial charge in [0, 0.05) is 23.7 Å². The second-order valence-corrected chi connectivity index (χ2v) is 8.10. The molecule has 0 N–H and O–H groups in total. The Morgan fingerprint density at radius 1 is 0.879 bits per heavy atom. The van der Waals surface area contributed by atoms with Gasteiger partial charge in [0.05, 0.1) is 22.2 Å². The smallest absolute Gasteiger partial charge is 0.340 e. The van der Waals surface area contributed by atoms with Gasteiger partial charge in [0.25, 0.3) is 5.91 Å². The molecule has 0 aliphatic heterocycles. The van der Waals surface area contributed by atoms with Crippen LogP contribution < -0.4 is 0 Å². The van der Waals surface area contributed by atoms with Crippen LogP contribution in [0.25, 0.3) is 0 Å². The van der Waals surface area contributed by atoms with Gasteiger partial charge >= 0.3 is 5.97 Å². The van der Waals surface area contributed by atoms with Crippen molar-refractivity contribution in [2.24, 2.45) is 0 Å². The van der Waals surface area contributed by atoms with Gasteiger partial charge in [0.2, 0.25) is 0 Å². The number of fused-ring (bicyclic) bond motifs is 2. The van der Waals surface area contributed by atoms with Crippen LogP contribution in [0.2, 0.25) is 5.02 Å². The summed E-state index contributed by atoms with van der Waals surface area (Å²) in [6.45, 7) is 1.38. The second kappa shape index (κ2) is 9.00. The molecule has 166 valence electrons. The zero-order chi connectivity index (χ0) is 23.7. The second-order valence-electron chi connectivity index (χ2n) is 7.72. The Hall–Kier alpha value is -3.77. The van der Waals surface area contributed by atoms with Gasteiger partial charge in [0.15, 0.2) is 18.2 Å². The number of carbonyl (C=O) groups excluding carboxylic acids is 4. The summed E-state index contributed by atoms with van der Waals surface area (Å²) in [7, 11) is 1.63. The highest BCUT2D eigenvalue weighted by Gasteiger charge is 2.33. The lowest BCUT2D eigenvalue weighted by Crippen LogP contribution is -2.33. The highest BCUT2D eigenvalue weighted by molar-refractivity contribution is 6.41. The molecule has 3 aromatic rings. The van der Waals surface area contributed by atoms with Crippen molar-refractivity contribution in [2.75, 3.05) is 13.7 Å². The maximum absolute atomic E-state index is 13.0. The monoisotopic (exact) mass is 461 g/mol. The van der Waals surface area contributed by atoms with E-state index in [1.54, 1.807) is 31.3 Å². The molecule has 0 bridgehead atoms. The third kappa shape index (κ3) is 4.05. The Labute approximate surface area is 195 Å². The molecule has 0 spiro atoms. The maximum Gasteiger partial charge on any atom is 0.340 e. The van der Waals surface area contributed by atoms with E-state index in [2.05, 4.69) is 0 Å². The minimum Gasteiger partial charge on any atom is -0.452 e. The number of nitrogens with zero attached hydrogens (tertiary/aromatic N) is 1. The molecule has 3 aromatic carbocycles. The number of esters is 1. The first-order valence-electron chi connectivity index (χ1n) is 10.3. The van der Waals surface area contributed by atoms with Crippen LogP contribution in [0.4, 0.5) is 0 Å². The van der Waals surface area contributed by atoms with Crippen molar-refractivity contribution in [3.8, 4) is 0 Å². The Kier molecular flexibility index (Phi) is 6.11. The van der Waals surface area contributed by atoms with Gasteiger partial charge < -0.3 is 9.64 Å². The van der Waals surface area contributed by atoms with E-state index < -0.39 is 24.3 Å². The van der Waals surface area contributed by atoms with E-state index in [0.29, 0.717) is 5.56 Å². The van der Waals surface area contributed by atoms with Crippen molar-refractivity contribution in [3.63, 3.8) is 0 Å². The molecule has 1 amide bonds. The summed E-state index contributed by atoms with van der Waals surface area (Å²) >= 11 is 6.39. The summed E-state index contributed by atoms with van der Waals surface area (Å²) < 4.78 is 5.19. The molecule has 1 atom stereocenters. The Morgan fingerprint density at radius 2 is 1.48 bits per heavy atom. The van der Waals surface area contributed by atoms with Gasteiger partial charge in [-0.2, -0.15) is 0 Å². The number of benzene rings is 3. The number of likely N-dealkylation sites (N-methyl/N-ethyl adjacent to an activating group) is 1. The lowest BCUT2D eigenvalue weighted by molar-refractivity contribution is -0.135. The lowest BCUT2D eigenvalue weighted by Gasteiger charge is -2.25. The third-order valence-electron chi connectivity index (χ3n) is 5.83. The van der Waals surface area contributed by atoms with E-state index in [4.69, 9.17) is 16.3 Å². The number of ether oxygens (including phenoxy) is 1. The molecule has 1 unspecified atom stereocenters. The maximum atomic E-state index is 13.0. The predicted octanol–water partition coefficient (Wildman–Crippen LogP) is 4.49. The number of rotatable bonds is 5. The molecule has 0 heterocycles. The lowest BCUT2D eigenvalue weighted by atomic mass is 9.83. The van der Waals surface area contributed by atoms with Gasteiger partial charge in [-0.15, -0.1) is 0 Å². The van der Waals surface area contributed by atoms with Crippen molar-refractivity contribution in [1.29, 1.82) is 0 Å². The molecule has 0 fully saturated rings. The largest absolute Gasteiger partial charge is 0.452 e. The number of carbonyl (C=O) groups is 4. The highest BCUT2D eigenvalue weighted by Crippen LogP contribution is 2.34. The summed E-state index contributed by atoms with van der Waals surface area (Å²) in [6.07, 6.45) is 0. The first kappa shape index (κ1) is 22.4. The average Bonchev–Trinajstić information content (AvgIpc) is 2.85. The highest BCUT2D eigenvalue weighted by atomic mass is 35.5. The molecule has 0 saturated carbocycles. The summed E-state index contributed by atoms with van der Waals surface area (Å²) in [5.41, 5.74) is 1.49. The van der Waals surface area contributed by atoms with Crippen molar-refractivity contribution in [1.82, 2.24) is 4.90 Å². The molecule has 6 nitrogen and oxygen atoms in total. The zero-order valence-electron chi connectivity index (χ0n) is 18.0. The van der Waals surface area contributed by atoms with Crippen LogP contribution in [-0.4, -0.2) is 42.0 Å². The number of hydrogen-bond acceptors (Lipinski definition) is 5. The van der Waals surface area contributed by atoms with Crippen LogP contribution in [0.15, 0.2) is 66.7 Å². The zero-order valence-corrected chi connectivity index (χ0v) is 18.8. The van der Waals surface area contributed by atoms with E-state index in [-0.39, 0.29) is 39.1 Å². The molecule has 1 aliphatic carbocycles.